The van der Waals surface area contributed by atoms with Gasteiger partial charge in [0.05, 0.1) is 6.54 Å². The molecule has 25 heavy (non-hydrogen) atoms. The normalized spacial score (nSPS) is 17.6. The number of likely N-dealkylation sites (N-methyl/N-ethyl adjacent to an activating group) is 1. The number of hydrogen-bond donors (Lipinski definition) is 2. The molecule has 9 heteroatoms. The predicted molar refractivity (Wildman–Crippen MR) is 98.6 cm³/mol. The number of amides is 1. The summed E-state index contributed by atoms with van der Waals surface area (Å²) in [7, 11) is -2.00. The highest BCUT2D eigenvalue weighted by molar-refractivity contribution is 7.90. The van der Waals surface area contributed by atoms with Crippen LogP contribution in [0.4, 0.5) is 0 Å². The zero-order valence-corrected chi connectivity index (χ0v) is 15.5. The average Bonchev–Trinajstić information content (AvgIpc) is 2.86. The molecule has 2 aliphatic rings. The lowest BCUT2D eigenvalue weighted by Gasteiger charge is -2.19. The van der Waals surface area contributed by atoms with Crippen LogP contribution in [0.3, 0.4) is 0 Å². The van der Waals surface area contributed by atoms with Crippen molar-refractivity contribution < 1.29 is 13.2 Å². The van der Waals surface area contributed by atoms with Gasteiger partial charge in [-0.15, -0.1) is 16.8 Å². The molecule has 2 heterocycles. The van der Waals surface area contributed by atoms with Crippen LogP contribution in [0, 0.1) is 0 Å². The molecule has 2 N–H and O–H groups in total. The van der Waals surface area contributed by atoms with E-state index in [1.807, 2.05) is 0 Å². The van der Waals surface area contributed by atoms with Crippen molar-refractivity contribution in [3.8, 4) is 0 Å². The van der Waals surface area contributed by atoms with Gasteiger partial charge < -0.3 is 15.5 Å². The van der Waals surface area contributed by atoms with Gasteiger partial charge >= 0.3 is 0 Å². The minimum atomic E-state index is -3.67. The molecule has 1 amide bonds. The van der Waals surface area contributed by atoms with E-state index in [1.165, 1.54) is 11.6 Å². The largest absolute Gasteiger partial charge is 0.351 e. The zero-order chi connectivity index (χ0) is 17.2. The van der Waals surface area contributed by atoms with E-state index in [0.29, 0.717) is 17.9 Å². The standard InChI is InChI=1S/C16H20N4O3S.ClH/c1-20(11-15(21)18-10-12-6-8-17-9-7-12)16-13-4-2-3-5-14(13)24(22,23)19-16;/h2-6,17H,7-11H2,1H3,(H,18,21);1H. The third-order valence-electron chi connectivity index (χ3n) is 4.03. The maximum atomic E-state index is 12.1. The first-order valence-electron chi connectivity index (χ1n) is 7.78. The Hall–Kier alpha value is -1.90. The lowest BCUT2D eigenvalue weighted by Crippen LogP contribution is -2.39. The minimum Gasteiger partial charge on any atom is -0.351 e. The van der Waals surface area contributed by atoms with Crippen LogP contribution in [-0.4, -0.2) is 58.3 Å². The van der Waals surface area contributed by atoms with Crippen molar-refractivity contribution in [1.82, 2.24) is 15.5 Å². The van der Waals surface area contributed by atoms with Crippen molar-refractivity contribution in [3.63, 3.8) is 0 Å². The smallest absolute Gasteiger partial charge is 0.285 e. The summed E-state index contributed by atoms with van der Waals surface area (Å²) in [6.45, 7) is 2.33. The Kier molecular flexibility index (Phi) is 6.21. The van der Waals surface area contributed by atoms with E-state index in [4.69, 9.17) is 0 Å². The first kappa shape index (κ1) is 19.4. The van der Waals surface area contributed by atoms with Gasteiger partial charge in [-0.25, -0.2) is 0 Å². The summed E-state index contributed by atoms with van der Waals surface area (Å²) in [6.07, 6.45) is 3.01. The topological polar surface area (TPSA) is 90.9 Å². The van der Waals surface area contributed by atoms with E-state index >= 15 is 0 Å². The van der Waals surface area contributed by atoms with Crippen LogP contribution in [0.1, 0.15) is 12.0 Å². The minimum absolute atomic E-state index is 0. The molecule has 2 aliphatic heterocycles. The first-order chi connectivity index (χ1) is 11.5. The summed E-state index contributed by atoms with van der Waals surface area (Å²) in [6, 6.07) is 6.65. The van der Waals surface area contributed by atoms with Gasteiger partial charge in [-0.3, -0.25) is 4.79 Å². The van der Waals surface area contributed by atoms with Crippen LogP contribution in [0.2, 0.25) is 0 Å². The van der Waals surface area contributed by atoms with Crippen LogP contribution >= 0.6 is 12.4 Å². The zero-order valence-electron chi connectivity index (χ0n) is 13.9. The number of fused-ring (bicyclic) bond motifs is 1. The fourth-order valence-corrected chi connectivity index (χ4v) is 4.00. The monoisotopic (exact) mass is 384 g/mol. The molecule has 0 saturated heterocycles. The van der Waals surface area contributed by atoms with Gasteiger partial charge in [0.15, 0.2) is 5.84 Å². The van der Waals surface area contributed by atoms with Crippen LogP contribution in [0.5, 0.6) is 0 Å². The number of carbonyl (C=O) groups excluding carboxylic acids is 1. The summed E-state index contributed by atoms with van der Waals surface area (Å²) in [5.74, 6) is 0.142. The Morgan fingerprint density at radius 2 is 2.12 bits per heavy atom. The number of rotatable bonds is 4. The molecular formula is C16H21ClN4O3S. The lowest BCUT2D eigenvalue weighted by atomic mass is 10.1. The molecule has 3 rings (SSSR count). The van der Waals surface area contributed by atoms with E-state index in [1.54, 1.807) is 30.1 Å². The number of sulfonamides is 1. The summed E-state index contributed by atoms with van der Waals surface area (Å²) >= 11 is 0. The van der Waals surface area contributed by atoms with Crippen LogP contribution in [0.15, 0.2) is 45.2 Å². The molecule has 0 radical (unpaired) electrons. The number of amidine groups is 1. The van der Waals surface area contributed by atoms with E-state index in [-0.39, 0.29) is 29.8 Å². The van der Waals surface area contributed by atoms with E-state index in [2.05, 4.69) is 21.1 Å². The maximum Gasteiger partial charge on any atom is 0.285 e. The first-order valence-corrected chi connectivity index (χ1v) is 9.22. The van der Waals surface area contributed by atoms with Gasteiger partial charge in [0.25, 0.3) is 10.0 Å². The highest BCUT2D eigenvalue weighted by Gasteiger charge is 2.30. The molecule has 0 spiro atoms. The van der Waals surface area contributed by atoms with E-state index in [0.717, 1.165) is 19.5 Å². The second kappa shape index (κ2) is 7.99. The Bertz CT molecular complexity index is 820. The molecule has 0 atom stereocenters. The molecule has 0 bridgehead atoms. The fourth-order valence-electron chi connectivity index (χ4n) is 2.75. The Morgan fingerprint density at radius 3 is 2.84 bits per heavy atom. The lowest BCUT2D eigenvalue weighted by molar-refractivity contribution is -0.121. The highest BCUT2D eigenvalue weighted by Crippen LogP contribution is 2.26. The summed E-state index contributed by atoms with van der Waals surface area (Å²) < 4.78 is 27.9. The van der Waals surface area contributed by atoms with Crippen molar-refractivity contribution in [2.45, 2.75) is 11.3 Å². The van der Waals surface area contributed by atoms with Crippen molar-refractivity contribution in [1.29, 1.82) is 0 Å². The molecule has 0 saturated carbocycles. The SMILES string of the molecule is CN(CC(=O)NCC1=CCNCC1)C1=NS(=O)(=O)c2ccccc21.Cl. The van der Waals surface area contributed by atoms with E-state index < -0.39 is 10.0 Å². The number of carbonyl (C=O) groups is 1. The quantitative estimate of drug-likeness (QED) is 0.739. The van der Waals surface area contributed by atoms with Crippen LogP contribution in [0.25, 0.3) is 0 Å². The van der Waals surface area contributed by atoms with Gasteiger partial charge in [0, 0.05) is 25.7 Å². The summed E-state index contributed by atoms with van der Waals surface area (Å²) in [4.78, 5) is 13.9. The van der Waals surface area contributed by atoms with Crippen molar-refractivity contribution >= 4 is 34.2 Å². The number of hydrogen-bond acceptors (Lipinski definition) is 5. The predicted octanol–water partition coefficient (Wildman–Crippen LogP) is 0.525. The fraction of sp³-hybridized carbons (Fsp3) is 0.375. The Labute approximate surface area is 153 Å². The van der Waals surface area contributed by atoms with E-state index in [9.17, 15) is 13.2 Å². The number of benzene rings is 1. The molecule has 0 aliphatic carbocycles. The second-order valence-electron chi connectivity index (χ2n) is 5.84. The molecule has 7 nitrogen and oxygen atoms in total. The van der Waals surface area contributed by atoms with Gasteiger partial charge in [-0.05, 0) is 25.1 Å². The molecule has 136 valence electrons. The Morgan fingerprint density at radius 1 is 1.36 bits per heavy atom. The van der Waals surface area contributed by atoms with Crippen LogP contribution in [-0.2, 0) is 14.8 Å². The van der Waals surface area contributed by atoms with Gasteiger partial charge in [0.2, 0.25) is 5.91 Å². The highest BCUT2D eigenvalue weighted by atomic mass is 35.5. The van der Waals surface area contributed by atoms with Crippen LogP contribution < -0.4 is 10.6 Å². The Balaban J connectivity index is 0.00000225. The number of nitrogens with one attached hydrogen (secondary N) is 2. The van der Waals surface area contributed by atoms with Crippen molar-refractivity contribution in [3.05, 3.63) is 41.5 Å². The molecule has 0 aromatic heterocycles. The average molecular weight is 385 g/mol. The summed E-state index contributed by atoms with van der Waals surface area (Å²) in [5, 5.41) is 6.09. The number of halogens is 1. The molecule has 0 unspecified atom stereocenters. The van der Waals surface area contributed by atoms with Crippen molar-refractivity contribution in [2.24, 2.45) is 4.40 Å². The molecule has 1 aromatic rings. The van der Waals surface area contributed by atoms with Gasteiger partial charge in [-0.1, -0.05) is 23.8 Å². The number of nitrogens with zero attached hydrogens (tertiary/aromatic N) is 2. The third-order valence-corrected chi connectivity index (χ3v) is 5.35. The maximum absolute atomic E-state index is 12.1. The summed E-state index contributed by atoms with van der Waals surface area (Å²) in [5.41, 5.74) is 1.74. The molecule has 0 fully saturated rings. The third kappa shape index (κ3) is 4.39. The van der Waals surface area contributed by atoms with Gasteiger partial charge in [0.1, 0.15) is 4.90 Å². The molecular weight excluding hydrogens is 364 g/mol. The van der Waals surface area contributed by atoms with Crippen molar-refractivity contribution in [2.75, 3.05) is 33.2 Å². The van der Waals surface area contributed by atoms with Gasteiger partial charge in [-0.2, -0.15) is 8.42 Å². The molecule has 1 aromatic carbocycles. The second-order valence-corrected chi connectivity index (χ2v) is 7.41.